The van der Waals surface area contributed by atoms with Gasteiger partial charge in [-0.2, -0.15) is 0 Å². The zero-order valence-electron chi connectivity index (χ0n) is 22.9. The van der Waals surface area contributed by atoms with Crippen LogP contribution >= 0.6 is 0 Å². The number of hydrogen-bond acceptors (Lipinski definition) is 6. The van der Waals surface area contributed by atoms with Gasteiger partial charge in [-0.1, -0.05) is 31.6 Å². The van der Waals surface area contributed by atoms with Crippen molar-refractivity contribution >= 4 is 16.8 Å². The van der Waals surface area contributed by atoms with Gasteiger partial charge in [0.2, 0.25) is 0 Å². The molecule has 7 rings (SSSR count). The lowest BCUT2D eigenvalue weighted by molar-refractivity contribution is -0.126. The molecule has 204 valence electrons. The van der Waals surface area contributed by atoms with Crippen LogP contribution in [0.4, 0.5) is 0 Å². The lowest BCUT2D eigenvalue weighted by atomic mass is 9.60. The molecule has 2 heterocycles. The monoisotopic (exact) mass is 528 g/mol. The summed E-state index contributed by atoms with van der Waals surface area (Å²) in [5.74, 6) is 3.35. The van der Waals surface area contributed by atoms with Gasteiger partial charge in [0.15, 0.2) is 5.43 Å². The van der Waals surface area contributed by atoms with Gasteiger partial charge in [-0.3, -0.25) is 9.59 Å². The molecular formula is C33H36O6. The molecule has 2 aromatic carbocycles. The number of carbonyl (C=O) groups excluding carboxylic acids is 1. The van der Waals surface area contributed by atoms with Crippen molar-refractivity contribution in [1.29, 1.82) is 0 Å². The molecule has 0 saturated heterocycles. The van der Waals surface area contributed by atoms with Crippen molar-refractivity contribution in [3.8, 4) is 17.2 Å². The summed E-state index contributed by atoms with van der Waals surface area (Å²) in [7, 11) is 0. The molecule has 6 nitrogen and oxygen atoms in total. The van der Waals surface area contributed by atoms with E-state index < -0.39 is 0 Å². The first kappa shape index (κ1) is 25.7. The van der Waals surface area contributed by atoms with Gasteiger partial charge in [-0.25, -0.2) is 0 Å². The number of rotatable bonds is 0. The number of ketones is 1. The first-order valence-electron chi connectivity index (χ1n) is 14.1. The van der Waals surface area contributed by atoms with Crippen molar-refractivity contribution in [3.05, 3.63) is 74.7 Å². The molecule has 0 radical (unpaired) electrons. The van der Waals surface area contributed by atoms with Gasteiger partial charge in [0.25, 0.3) is 0 Å². The molecule has 0 bridgehead atoms. The number of benzene rings is 2. The second-order valence-electron chi connectivity index (χ2n) is 12.1. The summed E-state index contributed by atoms with van der Waals surface area (Å²) in [4.78, 5) is 24.2. The topological polar surface area (TPSA) is 97.0 Å². The van der Waals surface area contributed by atoms with Crippen LogP contribution in [0.2, 0.25) is 0 Å². The Morgan fingerprint density at radius 2 is 1.85 bits per heavy atom. The summed E-state index contributed by atoms with van der Waals surface area (Å²) in [6, 6.07) is 8.90. The second kappa shape index (κ2) is 9.58. The minimum Gasteiger partial charge on any atom is -0.508 e. The number of phenols is 2. The van der Waals surface area contributed by atoms with Crippen molar-refractivity contribution in [1.82, 2.24) is 0 Å². The average Bonchev–Trinajstić information content (AvgIpc) is 3.07. The zero-order chi connectivity index (χ0) is 27.5. The number of carbonyl (C=O) groups is 1. The van der Waals surface area contributed by atoms with E-state index in [9.17, 15) is 19.8 Å². The van der Waals surface area contributed by atoms with E-state index in [1.807, 2.05) is 6.07 Å². The quantitative estimate of drug-likeness (QED) is 0.323. The molecule has 3 aromatic rings. The lowest BCUT2D eigenvalue weighted by Gasteiger charge is -2.43. The summed E-state index contributed by atoms with van der Waals surface area (Å²) in [6.07, 6.45) is 8.76. The van der Waals surface area contributed by atoms with Gasteiger partial charge >= 0.3 is 0 Å². The highest BCUT2D eigenvalue weighted by Gasteiger charge is 2.52. The summed E-state index contributed by atoms with van der Waals surface area (Å²) in [5.41, 5.74) is 4.92. The van der Waals surface area contributed by atoms with E-state index in [0.717, 1.165) is 38.5 Å². The average molecular weight is 529 g/mol. The number of aryl methyl sites for hydroxylation is 1. The fourth-order valence-electron chi connectivity index (χ4n) is 7.25. The van der Waals surface area contributed by atoms with E-state index in [1.165, 1.54) is 22.8 Å². The molecule has 2 fully saturated rings. The van der Waals surface area contributed by atoms with Crippen LogP contribution in [-0.4, -0.2) is 22.6 Å². The maximum absolute atomic E-state index is 12.2. The van der Waals surface area contributed by atoms with Crippen molar-refractivity contribution < 1.29 is 24.2 Å². The first-order valence-corrected chi connectivity index (χ1v) is 14.1. The number of phenolic OH excluding ortho intramolecular Hbond substituents is 2. The third kappa shape index (κ3) is 4.34. The molecule has 3 aliphatic carbocycles. The van der Waals surface area contributed by atoms with Crippen LogP contribution in [0, 0.1) is 24.2 Å². The fourth-order valence-corrected chi connectivity index (χ4v) is 7.25. The smallest absolute Gasteiger partial charge is 0.196 e. The maximum atomic E-state index is 12.2. The summed E-state index contributed by atoms with van der Waals surface area (Å²) in [5, 5.41) is 20.2. The van der Waals surface area contributed by atoms with Crippen LogP contribution in [0.25, 0.3) is 11.0 Å². The Morgan fingerprint density at radius 1 is 1.03 bits per heavy atom. The van der Waals surface area contributed by atoms with E-state index in [2.05, 4.69) is 26.0 Å². The molecule has 2 saturated carbocycles. The minimum absolute atomic E-state index is 0.00958. The standard InChI is InChI=1S/C18H20O2.C15H16O4/c1-18-9-8-14-13-5-3-12(19)10-11(13)2-4-15(14)16(18)6-7-17(18)20;1-8-3-4-10-12(18-7-8)6-13-14(15(10)17)11(16)5-9(2)19-13/h3-5,10,14,16,19H,2,6-9H2,1H3;5-6,8,17H,3-4,7H2,1-2H3. The zero-order valence-corrected chi connectivity index (χ0v) is 22.9. The Morgan fingerprint density at radius 3 is 2.67 bits per heavy atom. The molecular weight excluding hydrogens is 492 g/mol. The number of aromatic hydroxyl groups is 2. The summed E-state index contributed by atoms with van der Waals surface area (Å²) in [6.45, 7) is 6.62. The van der Waals surface area contributed by atoms with Crippen LogP contribution in [0.5, 0.6) is 17.2 Å². The van der Waals surface area contributed by atoms with E-state index in [4.69, 9.17) is 9.15 Å². The third-order valence-corrected chi connectivity index (χ3v) is 9.47. The Bertz CT molecular complexity index is 1560. The van der Waals surface area contributed by atoms with Crippen LogP contribution < -0.4 is 10.2 Å². The molecule has 0 spiro atoms. The summed E-state index contributed by atoms with van der Waals surface area (Å²) < 4.78 is 11.2. The van der Waals surface area contributed by atoms with E-state index in [1.54, 1.807) is 19.1 Å². The highest BCUT2D eigenvalue weighted by atomic mass is 16.5. The lowest BCUT2D eigenvalue weighted by Crippen LogP contribution is -2.37. The van der Waals surface area contributed by atoms with Gasteiger partial charge in [0.1, 0.15) is 39.8 Å². The normalized spacial score (nSPS) is 27.1. The molecule has 4 unspecified atom stereocenters. The van der Waals surface area contributed by atoms with Gasteiger partial charge in [-0.05, 0) is 80.5 Å². The Hall–Kier alpha value is -3.54. The number of allylic oxidation sites excluding steroid dienone is 2. The van der Waals surface area contributed by atoms with Gasteiger partial charge in [0, 0.05) is 35.4 Å². The predicted octanol–water partition coefficient (Wildman–Crippen LogP) is 6.51. The molecule has 1 aliphatic heterocycles. The highest BCUT2D eigenvalue weighted by Crippen LogP contribution is 2.58. The van der Waals surface area contributed by atoms with Crippen molar-refractivity contribution in [2.75, 3.05) is 6.61 Å². The largest absolute Gasteiger partial charge is 0.508 e. The van der Waals surface area contributed by atoms with E-state index >= 15 is 0 Å². The minimum atomic E-state index is -0.212. The Balaban J connectivity index is 0.000000142. The Labute approximate surface area is 228 Å². The fraction of sp³-hybridized carbons (Fsp3) is 0.455. The van der Waals surface area contributed by atoms with Gasteiger partial charge < -0.3 is 19.4 Å². The van der Waals surface area contributed by atoms with Gasteiger partial charge in [-0.15, -0.1) is 0 Å². The number of Topliss-reactive ketones (excluding diaryl/α,β-unsaturated/α-hetero) is 1. The summed E-state index contributed by atoms with van der Waals surface area (Å²) >= 11 is 0. The number of fused-ring (bicyclic) bond motifs is 7. The van der Waals surface area contributed by atoms with Crippen molar-refractivity contribution in [2.24, 2.45) is 17.3 Å². The molecule has 2 N–H and O–H groups in total. The van der Waals surface area contributed by atoms with Gasteiger partial charge in [0.05, 0.1) is 6.61 Å². The van der Waals surface area contributed by atoms with E-state index in [-0.39, 0.29) is 22.0 Å². The number of ether oxygens (including phenoxy) is 1. The Kier molecular flexibility index (Phi) is 6.32. The van der Waals surface area contributed by atoms with Crippen LogP contribution in [-0.2, 0) is 17.6 Å². The first-order chi connectivity index (χ1) is 18.7. The SMILES string of the molecule is CC12CCC3C(=CCc4cc(O)ccc43)C1CCC2=O.Cc1cc(=O)c2c(O)c3c(cc2o1)OCC(C)CC3. The van der Waals surface area contributed by atoms with Crippen LogP contribution in [0.3, 0.4) is 0 Å². The van der Waals surface area contributed by atoms with Crippen molar-refractivity contribution in [2.45, 2.75) is 71.6 Å². The molecule has 6 heteroatoms. The van der Waals surface area contributed by atoms with Crippen LogP contribution in [0.1, 0.15) is 74.3 Å². The highest BCUT2D eigenvalue weighted by molar-refractivity contribution is 5.88. The third-order valence-electron chi connectivity index (χ3n) is 9.47. The molecule has 0 amide bonds. The van der Waals surface area contributed by atoms with E-state index in [0.29, 0.717) is 65.0 Å². The molecule has 4 atom stereocenters. The predicted molar refractivity (Wildman–Crippen MR) is 150 cm³/mol. The maximum Gasteiger partial charge on any atom is 0.196 e. The molecule has 39 heavy (non-hydrogen) atoms. The second-order valence-corrected chi connectivity index (χ2v) is 12.1. The molecule has 1 aromatic heterocycles. The van der Waals surface area contributed by atoms with Crippen LogP contribution in [0.15, 0.2) is 51.2 Å². The number of hydrogen-bond donors (Lipinski definition) is 2. The van der Waals surface area contributed by atoms with Crippen molar-refractivity contribution in [3.63, 3.8) is 0 Å². The molecule has 4 aliphatic rings.